The fourth-order valence-electron chi connectivity index (χ4n) is 3.86. The highest BCUT2D eigenvalue weighted by molar-refractivity contribution is 5.90. The monoisotopic (exact) mass is 366 g/mol. The normalized spacial score (nSPS) is 15.8. The molecule has 2 N–H and O–H groups in total. The minimum atomic E-state index is -0.665. The van der Waals surface area contributed by atoms with E-state index in [0.717, 1.165) is 53.8 Å². The number of H-pyrrole nitrogens is 2. The molecule has 0 radical (unpaired) electrons. The van der Waals surface area contributed by atoms with Crippen molar-refractivity contribution in [3.63, 3.8) is 0 Å². The third-order valence-corrected chi connectivity index (χ3v) is 5.54. The fraction of sp³-hybridized carbons (Fsp3) is 0.200. The van der Waals surface area contributed by atoms with E-state index in [1.807, 2.05) is 12.1 Å². The van der Waals surface area contributed by atoms with E-state index < -0.39 is 17.0 Å². The van der Waals surface area contributed by atoms with E-state index in [1.54, 1.807) is 17.0 Å². The Balaban J connectivity index is 1.68. The number of hydrogen-bond acceptors (Lipinski definition) is 2. The molecule has 1 fully saturated rings. The number of halogens is 2. The van der Waals surface area contributed by atoms with Crippen molar-refractivity contribution < 1.29 is 13.6 Å². The molecule has 0 spiro atoms. The number of rotatable bonds is 4. The summed E-state index contributed by atoms with van der Waals surface area (Å²) in [6.07, 6.45) is 6.88. The number of hydrogen-bond donors (Lipinski definition) is 2. The van der Waals surface area contributed by atoms with Gasteiger partial charge in [-0.15, -0.1) is 0 Å². The summed E-state index contributed by atoms with van der Waals surface area (Å²) in [5, 5.41) is 6.09. The van der Waals surface area contributed by atoms with E-state index in [9.17, 15) is 13.6 Å². The largest absolute Gasteiger partial charge is 0.302 e. The number of nitrogens with one attached hydrogen (secondary N) is 2. The van der Waals surface area contributed by atoms with Crippen LogP contribution in [0.5, 0.6) is 0 Å². The molecule has 0 amide bonds. The van der Waals surface area contributed by atoms with Crippen molar-refractivity contribution in [1.29, 1.82) is 0 Å². The van der Waals surface area contributed by atoms with Crippen molar-refractivity contribution >= 4 is 17.3 Å². The molecule has 27 heavy (non-hydrogen) atoms. The van der Waals surface area contributed by atoms with E-state index in [2.05, 4.69) is 15.2 Å². The molecule has 0 unspecified atom stereocenters. The van der Waals surface area contributed by atoms with Crippen LogP contribution in [0.3, 0.4) is 0 Å². The average molecular weight is 366 g/mol. The lowest BCUT2D eigenvalue weighted by Crippen LogP contribution is -2.36. The Labute approximate surface area is 153 Å². The average Bonchev–Trinajstić information content (AvgIpc) is 3.05. The lowest BCUT2D eigenvalue weighted by Gasteiger charge is -2.38. The lowest BCUT2D eigenvalue weighted by molar-refractivity contribution is -0.115. The molecule has 2 aromatic carbocycles. The van der Waals surface area contributed by atoms with Crippen molar-refractivity contribution in [2.75, 3.05) is 0 Å². The second-order valence-electron chi connectivity index (χ2n) is 7.04. The SMILES string of the molecule is O=CC1(c2cc(-c3nccn3-c3ccc(F)cc3F)cc3[nH][nH]c23)CCC1. The molecule has 0 atom stereocenters. The fourth-order valence-corrected chi connectivity index (χ4v) is 3.86. The minimum Gasteiger partial charge on any atom is -0.302 e. The smallest absolute Gasteiger partial charge is 0.150 e. The summed E-state index contributed by atoms with van der Waals surface area (Å²) >= 11 is 0. The van der Waals surface area contributed by atoms with Gasteiger partial charge in [-0.2, -0.15) is 0 Å². The van der Waals surface area contributed by atoms with E-state index in [0.29, 0.717) is 5.82 Å². The highest BCUT2D eigenvalue weighted by Crippen LogP contribution is 2.45. The Morgan fingerprint density at radius 1 is 1.15 bits per heavy atom. The molecule has 0 aliphatic heterocycles. The number of aromatic amines is 2. The van der Waals surface area contributed by atoms with Crippen LogP contribution in [0.15, 0.2) is 42.7 Å². The summed E-state index contributed by atoms with van der Waals surface area (Å²) in [4.78, 5) is 16.2. The van der Waals surface area contributed by atoms with Crippen LogP contribution in [0.4, 0.5) is 8.78 Å². The number of carbonyl (C=O) groups is 1. The molecular formula is C20H16F2N4O. The molecule has 7 heteroatoms. The molecule has 0 saturated heterocycles. The van der Waals surface area contributed by atoms with Gasteiger partial charge in [-0.25, -0.2) is 13.8 Å². The van der Waals surface area contributed by atoms with Crippen molar-refractivity contribution in [2.45, 2.75) is 24.7 Å². The number of carbonyl (C=O) groups excluding carboxylic acids is 1. The van der Waals surface area contributed by atoms with Gasteiger partial charge in [0.05, 0.1) is 22.1 Å². The van der Waals surface area contributed by atoms with Gasteiger partial charge < -0.3 is 4.79 Å². The molecule has 5 nitrogen and oxygen atoms in total. The van der Waals surface area contributed by atoms with Crippen molar-refractivity contribution in [1.82, 2.24) is 19.7 Å². The predicted octanol–water partition coefficient (Wildman–Crippen LogP) is 4.25. The summed E-state index contributed by atoms with van der Waals surface area (Å²) in [7, 11) is 0. The first-order chi connectivity index (χ1) is 13.1. The van der Waals surface area contributed by atoms with E-state index in [-0.39, 0.29) is 5.69 Å². The molecule has 2 heterocycles. The van der Waals surface area contributed by atoms with Crippen LogP contribution in [-0.4, -0.2) is 26.0 Å². The van der Waals surface area contributed by atoms with Gasteiger partial charge in [-0.3, -0.25) is 14.8 Å². The summed E-state index contributed by atoms with van der Waals surface area (Å²) in [5.41, 5.74) is 3.24. The van der Waals surface area contributed by atoms with Gasteiger partial charge >= 0.3 is 0 Å². The highest BCUT2D eigenvalue weighted by atomic mass is 19.1. The molecule has 2 aromatic heterocycles. The third-order valence-electron chi connectivity index (χ3n) is 5.54. The molecule has 5 rings (SSSR count). The van der Waals surface area contributed by atoms with E-state index in [4.69, 9.17) is 0 Å². The van der Waals surface area contributed by atoms with Crippen LogP contribution in [0, 0.1) is 11.6 Å². The van der Waals surface area contributed by atoms with E-state index in [1.165, 1.54) is 12.1 Å². The Morgan fingerprint density at radius 3 is 2.63 bits per heavy atom. The Bertz CT molecular complexity index is 1170. The predicted molar refractivity (Wildman–Crippen MR) is 96.7 cm³/mol. The molecule has 136 valence electrons. The Kier molecular flexibility index (Phi) is 3.34. The van der Waals surface area contributed by atoms with Gasteiger partial charge in [0, 0.05) is 24.0 Å². The first kappa shape index (κ1) is 16.0. The third kappa shape index (κ3) is 2.27. The maximum absolute atomic E-state index is 14.3. The van der Waals surface area contributed by atoms with Crippen LogP contribution in [0.1, 0.15) is 24.8 Å². The van der Waals surface area contributed by atoms with Crippen LogP contribution in [0.2, 0.25) is 0 Å². The van der Waals surface area contributed by atoms with Crippen LogP contribution < -0.4 is 0 Å². The number of aldehydes is 1. The van der Waals surface area contributed by atoms with Gasteiger partial charge in [0.15, 0.2) is 0 Å². The summed E-state index contributed by atoms with van der Waals surface area (Å²) < 4.78 is 29.2. The van der Waals surface area contributed by atoms with Gasteiger partial charge in [0.2, 0.25) is 0 Å². The summed E-state index contributed by atoms with van der Waals surface area (Å²) in [6.45, 7) is 0. The van der Waals surface area contributed by atoms with Gasteiger partial charge in [-0.1, -0.05) is 6.42 Å². The standard InChI is InChI=1S/C20H16F2N4O/c21-13-2-3-17(15(22)10-13)26-7-6-23-19(26)12-8-14(18-16(9-12)24-25-18)20(11-27)4-1-5-20/h2-3,6-11,24-25H,1,4-5H2. The first-order valence-electron chi connectivity index (χ1n) is 8.77. The van der Waals surface area contributed by atoms with Crippen molar-refractivity contribution in [3.05, 3.63) is 59.9 Å². The summed E-state index contributed by atoms with van der Waals surface area (Å²) in [6, 6.07) is 7.31. The second-order valence-corrected chi connectivity index (χ2v) is 7.04. The zero-order chi connectivity index (χ0) is 18.6. The molecular weight excluding hydrogens is 350 g/mol. The molecule has 4 aromatic rings. The molecule has 0 bridgehead atoms. The van der Waals surface area contributed by atoms with Crippen LogP contribution >= 0.6 is 0 Å². The minimum absolute atomic E-state index is 0.216. The number of aromatic nitrogens is 4. The Morgan fingerprint density at radius 2 is 2.00 bits per heavy atom. The van der Waals surface area contributed by atoms with Gasteiger partial charge in [0.25, 0.3) is 0 Å². The zero-order valence-electron chi connectivity index (χ0n) is 14.3. The maximum Gasteiger partial charge on any atom is 0.150 e. The number of nitrogens with zero attached hydrogens (tertiary/aromatic N) is 2. The number of benzene rings is 2. The Hall–Kier alpha value is -3.22. The van der Waals surface area contributed by atoms with Gasteiger partial charge in [-0.05, 0) is 42.7 Å². The van der Waals surface area contributed by atoms with Gasteiger partial charge in [0.1, 0.15) is 23.7 Å². The second kappa shape index (κ2) is 5.64. The lowest BCUT2D eigenvalue weighted by atomic mass is 9.65. The van der Waals surface area contributed by atoms with E-state index >= 15 is 0 Å². The van der Waals surface area contributed by atoms with Crippen LogP contribution in [-0.2, 0) is 10.2 Å². The molecule has 1 aliphatic rings. The maximum atomic E-state index is 14.3. The highest BCUT2D eigenvalue weighted by Gasteiger charge is 2.40. The summed E-state index contributed by atoms with van der Waals surface area (Å²) in [5.74, 6) is -0.769. The van der Waals surface area contributed by atoms with Crippen molar-refractivity contribution in [3.8, 4) is 17.1 Å². The number of fused-ring (bicyclic) bond motifs is 1. The topological polar surface area (TPSA) is 66.5 Å². The first-order valence-corrected chi connectivity index (χ1v) is 8.77. The molecule has 1 aliphatic carbocycles. The zero-order valence-corrected chi connectivity index (χ0v) is 14.3. The number of imidazole rings is 1. The molecule has 1 saturated carbocycles. The van der Waals surface area contributed by atoms with Crippen molar-refractivity contribution in [2.24, 2.45) is 0 Å². The van der Waals surface area contributed by atoms with Crippen LogP contribution in [0.25, 0.3) is 28.1 Å². The quantitative estimate of drug-likeness (QED) is 0.530.